The third kappa shape index (κ3) is 4.82. The van der Waals surface area contributed by atoms with Gasteiger partial charge in [-0.25, -0.2) is 0 Å². The van der Waals surface area contributed by atoms with Crippen molar-refractivity contribution in [2.24, 2.45) is 11.8 Å². The first-order chi connectivity index (χ1) is 14.5. The first-order valence-corrected chi connectivity index (χ1v) is 10.2. The Morgan fingerprint density at radius 2 is 1.40 bits per heavy atom. The highest BCUT2D eigenvalue weighted by atomic mass is 16.5. The maximum absolute atomic E-state index is 10.9. The molecule has 164 valence electrons. The van der Waals surface area contributed by atoms with E-state index in [0.29, 0.717) is 36.0 Å². The zero-order chi connectivity index (χ0) is 21.7. The fraction of sp³-hybridized carbons (Fsp3) is 0.500. The van der Waals surface area contributed by atoms with Gasteiger partial charge in [0.1, 0.15) is 0 Å². The molecule has 1 aliphatic heterocycles. The molecule has 2 aromatic carbocycles. The Morgan fingerprint density at radius 3 is 1.97 bits per heavy atom. The summed E-state index contributed by atoms with van der Waals surface area (Å²) in [4.78, 5) is 0. The Balaban J connectivity index is 1.64. The lowest BCUT2D eigenvalue weighted by Gasteiger charge is -2.23. The van der Waals surface area contributed by atoms with Gasteiger partial charge in [-0.2, -0.15) is 0 Å². The van der Waals surface area contributed by atoms with Crippen molar-refractivity contribution < 1.29 is 28.8 Å². The van der Waals surface area contributed by atoms with Crippen LogP contribution in [0.4, 0.5) is 0 Å². The van der Waals surface area contributed by atoms with Gasteiger partial charge < -0.3 is 28.8 Å². The molecular weight excluding hydrogens is 384 g/mol. The summed E-state index contributed by atoms with van der Waals surface area (Å²) >= 11 is 0. The lowest BCUT2D eigenvalue weighted by Crippen LogP contribution is -2.30. The number of rotatable bonds is 9. The van der Waals surface area contributed by atoms with Crippen molar-refractivity contribution in [3.8, 4) is 23.0 Å². The van der Waals surface area contributed by atoms with Gasteiger partial charge in [-0.1, -0.05) is 19.1 Å². The molecule has 30 heavy (non-hydrogen) atoms. The van der Waals surface area contributed by atoms with Crippen molar-refractivity contribution >= 4 is 0 Å². The number of hydrogen-bond donors (Lipinski definition) is 1. The van der Waals surface area contributed by atoms with E-state index in [4.69, 9.17) is 23.7 Å². The molecule has 0 bridgehead atoms. The van der Waals surface area contributed by atoms with Crippen LogP contribution >= 0.6 is 0 Å². The number of aliphatic hydroxyl groups excluding tert-OH is 1. The molecule has 2 aromatic rings. The highest BCUT2D eigenvalue weighted by Crippen LogP contribution is 2.35. The van der Waals surface area contributed by atoms with Crippen LogP contribution in [-0.4, -0.2) is 52.4 Å². The second kappa shape index (κ2) is 10.0. The third-order valence-electron chi connectivity index (χ3n) is 6.04. The summed E-state index contributed by atoms with van der Waals surface area (Å²) in [6, 6.07) is 11.7. The van der Waals surface area contributed by atoms with Gasteiger partial charge >= 0.3 is 0 Å². The molecule has 1 fully saturated rings. The summed E-state index contributed by atoms with van der Waals surface area (Å²) < 4.78 is 27.5. The predicted molar refractivity (Wildman–Crippen MR) is 115 cm³/mol. The van der Waals surface area contributed by atoms with Crippen LogP contribution in [0.1, 0.15) is 18.1 Å². The van der Waals surface area contributed by atoms with Crippen molar-refractivity contribution in [3.63, 3.8) is 0 Å². The van der Waals surface area contributed by atoms with E-state index in [2.05, 4.69) is 6.92 Å². The zero-order valence-electron chi connectivity index (χ0n) is 18.4. The van der Waals surface area contributed by atoms with E-state index >= 15 is 0 Å². The quantitative estimate of drug-likeness (QED) is 0.675. The van der Waals surface area contributed by atoms with Crippen LogP contribution < -0.4 is 18.9 Å². The molecule has 0 aromatic heterocycles. The minimum absolute atomic E-state index is 0.0492. The van der Waals surface area contributed by atoms with Crippen LogP contribution in [0.15, 0.2) is 36.4 Å². The summed E-state index contributed by atoms with van der Waals surface area (Å²) in [5, 5.41) is 10.9. The normalized spacial score (nSPS) is 21.9. The molecule has 4 unspecified atom stereocenters. The van der Waals surface area contributed by atoms with E-state index in [9.17, 15) is 5.11 Å². The molecule has 0 amide bonds. The fourth-order valence-corrected chi connectivity index (χ4v) is 4.16. The molecule has 1 aliphatic rings. The van der Waals surface area contributed by atoms with Gasteiger partial charge in [-0.3, -0.25) is 0 Å². The molecule has 0 radical (unpaired) electrons. The maximum Gasteiger partial charge on any atom is 0.160 e. The van der Waals surface area contributed by atoms with Gasteiger partial charge in [-0.05, 0) is 54.2 Å². The number of methoxy groups -OCH3 is 4. The lowest BCUT2D eigenvalue weighted by atomic mass is 9.84. The first kappa shape index (κ1) is 22.2. The van der Waals surface area contributed by atoms with E-state index in [0.717, 1.165) is 17.5 Å². The SMILES string of the molecule is COc1ccc(CC(O)C2COC(Cc3ccc(OC)c(OC)c3)C2C)cc1OC. The summed E-state index contributed by atoms with van der Waals surface area (Å²) in [6.45, 7) is 2.70. The van der Waals surface area contributed by atoms with Crippen molar-refractivity contribution in [1.29, 1.82) is 0 Å². The van der Waals surface area contributed by atoms with Crippen molar-refractivity contribution in [2.45, 2.75) is 32.0 Å². The molecule has 0 saturated carbocycles. The molecule has 1 N–H and O–H groups in total. The Labute approximate surface area is 178 Å². The molecule has 3 rings (SSSR count). The largest absolute Gasteiger partial charge is 0.493 e. The third-order valence-corrected chi connectivity index (χ3v) is 6.04. The van der Waals surface area contributed by atoms with E-state index in [1.807, 2.05) is 36.4 Å². The van der Waals surface area contributed by atoms with E-state index in [1.165, 1.54) is 0 Å². The average molecular weight is 417 g/mol. The minimum Gasteiger partial charge on any atom is -0.493 e. The Morgan fingerprint density at radius 1 is 0.867 bits per heavy atom. The Kier molecular flexibility index (Phi) is 7.45. The van der Waals surface area contributed by atoms with Gasteiger partial charge in [0.25, 0.3) is 0 Å². The highest BCUT2D eigenvalue weighted by Gasteiger charge is 2.38. The predicted octanol–water partition coefficient (Wildman–Crippen LogP) is 3.52. The van der Waals surface area contributed by atoms with Crippen LogP contribution in [-0.2, 0) is 17.6 Å². The summed E-state index contributed by atoms with van der Waals surface area (Å²) in [6.07, 6.45) is 0.866. The van der Waals surface area contributed by atoms with Crippen LogP contribution in [0, 0.1) is 11.8 Å². The zero-order valence-corrected chi connectivity index (χ0v) is 18.4. The van der Waals surface area contributed by atoms with E-state index < -0.39 is 6.10 Å². The van der Waals surface area contributed by atoms with Crippen molar-refractivity contribution in [1.82, 2.24) is 0 Å². The van der Waals surface area contributed by atoms with Crippen molar-refractivity contribution in [2.75, 3.05) is 35.0 Å². The van der Waals surface area contributed by atoms with Gasteiger partial charge in [-0.15, -0.1) is 0 Å². The number of aliphatic hydroxyl groups is 1. The maximum atomic E-state index is 10.9. The lowest BCUT2D eigenvalue weighted by molar-refractivity contribution is 0.0762. The number of benzene rings is 2. The number of ether oxygens (including phenoxy) is 5. The van der Waals surface area contributed by atoms with Gasteiger partial charge in [0.15, 0.2) is 23.0 Å². The van der Waals surface area contributed by atoms with Crippen LogP contribution in [0.2, 0.25) is 0 Å². The summed E-state index contributed by atoms with van der Waals surface area (Å²) in [5.41, 5.74) is 2.13. The fourth-order valence-electron chi connectivity index (χ4n) is 4.16. The standard InChI is InChI=1S/C24H32O6/c1-15-18(19(25)10-16-6-8-20(26-2)23(12-16)28-4)14-30-22(15)11-17-7-9-21(27-3)24(13-17)29-5/h6-9,12-13,15,18-19,22,25H,10-11,14H2,1-5H3. The molecule has 0 aliphatic carbocycles. The molecule has 4 atom stereocenters. The monoisotopic (exact) mass is 416 g/mol. The highest BCUT2D eigenvalue weighted by molar-refractivity contribution is 5.44. The molecule has 6 heteroatoms. The molecule has 1 saturated heterocycles. The van der Waals surface area contributed by atoms with Gasteiger partial charge in [0, 0.05) is 5.92 Å². The van der Waals surface area contributed by atoms with Gasteiger partial charge in [0.05, 0.1) is 47.3 Å². The van der Waals surface area contributed by atoms with E-state index in [-0.39, 0.29) is 17.9 Å². The molecule has 0 spiro atoms. The second-order valence-electron chi connectivity index (χ2n) is 7.75. The molecule has 6 nitrogen and oxygen atoms in total. The first-order valence-electron chi connectivity index (χ1n) is 10.2. The topological polar surface area (TPSA) is 66.4 Å². The Bertz CT molecular complexity index is 836. The Hall–Kier alpha value is -2.44. The van der Waals surface area contributed by atoms with Crippen LogP contribution in [0.25, 0.3) is 0 Å². The molecular formula is C24H32O6. The van der Waals surface area contributed by atoms with Crippen LogP contribution in [0.5, 0.6) is 23.0 Å². The van der Waals surface area contributed by atoms with E-state index in [1.54, 1.807) is 28.4 Å². The smallest absolute Gasteiger partial charge is 0.160 e. The van der Waals surface area contributed by atoms with Crippen molar-refractivity contribution in [3.05, 3.63) is 47.5 Å². The summed E-state index contributed by atoms with van der Waals surface area (Å²) in [5.74, 6) is 3.08. The molecule has 1 heterocycles. The minimum atomic E-state index is -0.492. The second-order valence-corrected chi connectivity index (χ2v) is 7.75. The summed E-state index contributed by atoms with van der Waals surface area (Å²) in [7, 11) is 6.49. The average Bonchev–Trinajstić information content (AvgIpc) is 3.13. The number of hydrogen-bond acceptors (Lipinski definition) is 6. The van der Waals surface area contributed by atoms with Gasteiger partial charge in [0.2, 0.25) is 0 Å². The van der Waals surface area contributed by atoms with Crippen LogP contribution in [0.3, 0.4) is 0 Å².